The fraction of sp³-hybridized carbons (Fsp3) is 0.231. The topological polar surface area (TPSA) is 96.5 Å². The van der Waals surface area contributed by atoms with Crippen LogP contribution in [-0.2, 0) is 13.5 Å². The quantitative estimate of drug-likeness (QED) is 0.412. The van der Waals surface area contributed by atoms with Gasteiger partial charge in [0.15, 0.2) is 5.65 Å². The molecule has 8 heteroatoms. The minimum atomic E-state index is -0.438. The van der Waals surface area contributed by atoms with Gasteiger partial charge in [0, 0.05) is 48.5 Å². The predicted molar refractivity (Wildman–Crippen MR) is 132 cm³/mol. The van der Waals surface area contributed by atoms with Gasteiger partial charge in [0.05, 0.1) is 28.7 Å². The van der Waals surface area contributed by atoms with Gasteiger partial charge in [-0.1, -0.05) is 20.8 Å². The molecule has 4 heterocycles. The van der Waals surface area contributed by atoms with Gasteiger partial charge in [-0.3, -0.25) is 9.48 Å². The van der Waals surface area contributed by atoms with Crippen LogP contribution >= 0.6 is 0 Å². The van der Waals surface area contributed by atoms with Crippen molar-refractivity contribution in [2.45, 2.75) is 33.1 Å². The minimum absolute atomic E-state index is 0.190. The van der Waals surface area contributed by atoms with E-state index in [4.69, 9.17) is 15.8 Å². The maximum absolute atomic E-state index is 11.7. The summed E-state index contributed by atoms with van der Waals surface area (Å²) < 4.78 is 5.80. The van der Waals surface area contributed by atoms with Crippen molar-refractivity contribution in [2.75, 3.05) is 0 Å². The lowest BCUT2D eigenvalue weighted by Crippen LogP contribution is -2.12. The number of nitrogens with zero attached hydrogens (tertiary/aromatic N) is 6. The maximum atomic E-state index is 11.7. The summed E-state index contributed by atoms with van der Waals surface area (Å²) >= 11 is 0. The average Bonchev–Trinajstić information content (AvgIpc) is 3.56. The van der Waals surface area contributed by atoms with Crippen LogP contribution in [0.3, 0.4) is 0 Å². The van der Waals surface area contributed by atoms with Gasteiger partial charge in [0.1, 0.15) is 0 Å². The largest absolute Gasteiger partial charge is 0.366 e. The standard InChI is InChI=1S/C26H27N7O/c1-5-17-12-18(25(27)34)6-7-21(17)33-26-23(24(30-33)16(2)3)22(8-10-28-26)32-11-9-19(15-32)20-13-29-31(4)14-20/h6-16H,5H2,1-4H3,(H2,27,34). The third kappa shape index (κ3) is 3.57. The molecule has 0 radical (unpaired) electrons. The summed E-state index contributed by atoms with van der Waals surface area (Å²) in [6.07, 6.45) is 10.6. The molecule has 0 aliphatic heterocycles. The fourth-order valence-corrected chi connectivity index (χ4v) is 4.36. The molecule has 0 aliphatic carbocycles. The second-order valence-corrected chi connectivity index (χ2v) is 8.75. The Labute approximate surface area is 197 Å². The van der Waals surface area contributed by atoms with Crippen molar-refractivity contribution in [1.82, 2.24) is 29.1 Å². The number of carbonyl (C=O) groups is 1. The number of pyridine rings is 1. The highest BCUT2D eigenvalue weighted by molar-refractivity contribution is 5.93. The first-order valence-corrected chi connectivity index (χ1v) is 11.4. The third-order valence-electron chi connectivity index (χ3n) is 6.10. The summed E-state index contributed by atoms with van der Waals surface area (Å²) in [5.74, 6) is -0.248. The lowest BCUT2D eigenvalue weighted by Gasteiger charge is -2.11. The van der Waals surface area contributed by atoms with Crippen LogP contribution in [0.2, 0.25) is 0 Å². The molecule has 0 saturated heterocycles. The Hall–Kier alpha value is -4.20. The molecule has 34 heavy (non-hydrogen) atoms. The normalized spacial score (nSPS) is 11.6. The van der Waals surface area contributed by atoms with Crippen LogP contribution in [0.1, 0.15) is 48.3 Å². The van der Waals surface area contributed by atoms with Crippen LogP contribution in [0.5, 0.6) is 0 Å². The molecular formula is C26H27N7O. The van der Waals surface area contributed by atoms with E-state index in [1.807, 2.05) is 48.5 Å². The molecule has 8 nitrogen and oxygen atoms in total. The Morgan fingerprint density at radius 1 is 1.09 bits per heavy atom. The molecule has 5 aromatic rings. The number of fused-ring (bicyclic) bond motifs is 1. The molecule has 0 aliphatic rings. The summed E-state index contributed by atoms with van der Waals surface area (Å²) in [6.45, 7) is 6.32. The molecule has 5 rings (SSSR count). The van der Waals surface area contributed by atoms with E-state index in [2.05, 4.69) is 48.9 Å². The highest BCUT2D eigenvalue weighted by atomic mass is 16.1. The average molecular weight is 454 g/mol. The van der Waals surface area contributed by atoms with Crippen LogP contribution in [0.25, 0.3) is 33.5 Å². The molecule has 1 aromatic carbocycles. The molecule has 4 aromatic heterocycles. The lowest BCUT2D eigenvalue weighted by molar-refractivity contribution is 0.1000. The molecule has 2 N–H and O–H groups in total. The van der Waals surface area contributed by atoms with E-state index in [1.165, 1.54) is 0 Å². The van der Waals surface area contributed by atoms with Gasteiger partial charge in [-0.2, -0.15) is 10.2 Å². The summed E-state index contributed by atoms with van der Waals surface area (Å²) in [5, 5.41) is 10.3. The highest BCUT2D eigenvalue weighted by Gasteiger charge is 2.21. The first kappa shape index (κ1) is 21.6. The molecule has 0 unspecified atom stereocenters. The zero-order chi connectivity index (χ0) is 24.0. The van der Waals surface area contributed by atoms with E-state index in [0.717, 1.165) is 51.2 Å². The fourth-order valence-electron chi connectivity index (χ4n) is 4.36. The Balaban J connectivity index is 1.71. The van der Waals surface area contributed by atoms with E-state index >= 15 is 0 Å². The molecule has 0 saturated carbocycles. The summed E-state index contributed by atoms with van der Waals surface area (Å²) in [4.78, 5) is 16.4. The smallest absolute Gasteiger partial charge is 0.248 e. The Morgan fingerprint density at radius 2 is 1.91 bits per heavy atom. The monoisotopic (exact) mass is 453 g/mol. The van der Waals surface area contributed by atoms with Gasteiger partial charge < -0.3 is 10.3 Å². The van der Waals surface area contributed by atoms with Gasteiger partial charge in [0.25, 0.3) is 0 Å². The van der Waals surface area contributed by atoms with Gasteiger partial charge in [-0.25, -0.2) is 9.67 Å². The van der Waals surface area contributed by atoms with Crippen molar-refractivity contribution < 1.29 is 4.79 Å². The van der Waals surface area contributed by atoms with Gasteiger partial charge in [0.2, 0.25) is 5.91 Å². The summed E-state index contributed by atoms with van der Waals surface area (Å²) in [6, 6.07) is 9.59. The van der Waals surface area contributed by atoms with E-state index in [9.17, 15) is 4.79 Å². The van der Waals surface area contributed by atoms with Crippen molar-refractivity contribution in [1.29, 1.82) is 0 Å². The first-order valence-electron chi connectivity index (χ1n) is 11.4. The van der Waals surface area contributed by atoms with Crippen molar-refractivity contribution in [3.05, 3.63) is 78.1 Å². The van der Waals surface area contributed by atoms with E-state index < -0.39 is 5.91 Å². The predicted octanol–water partition coefficient (Wildman–Crippen LogP) is 4.40. The second kappa shape index (κ2) is 8.30. The Bertz CT molecular complexity index is 1520. The van der Waals surface area contributed by atoms with Crippen LogP contribution in [0.4, 0.5) is 0 Å². The van der Waals surface area contributed by atoms with Gasteiger partial charge >= 0.3 is 0 Å². The number of aromatic nitrogens is 6. The SMILES string of the molecule is CCc1cc(C(N)=O)ccc1-n1nc(C(C)C)c2c(-n3ccc(-c4cnn(C)c4)c3)ccnc21. The highest BCUT2D eigenvalue weighted by Crippen LogP contribution is 2.33. The van der Waals surface area contributed by atoms with Crippen LogP contribution < -0.4 is 5.73 Å². The van der Waals surface area contributed by atoms with Gasteiger partial charge in [-0.05, 0) is 48.2 Å². The van der Waals surface area contributed by atoms with Crippen LogP contribution in [-0.4, -0.2) is 35.0 Å². The minimum Gasteiger partial charge on any atom is -0.366 e. The maximum Gasteiger partial charge on any atom is 0.248 e. The zero-order valence-electron chi connectivity index (χ0n) is 19.7. The van der Waals surface area contributed by atoms with Gasteiger partial charge in [-0.15, -0.1) is 0 Å². The number of benzene rings is 1. The second-order valence-electron chi connectivity index (χ2n) is 8.75. The number of primary amides is 1. The Morgan fingerprint density at radius 3 is 2.59 bits per heavy atom. The van der Waals surface area contributed by atoms with Crippen molar-refractivity contribution in [3.8, 4) is 22.5 Å². The lowest BCUT2D eigenvalue weighted by atomic mass is 10.1. The molecule has 1 amide bonds. The molecule has 0 fully saturated rings. The third-order valence-corrected chi connectivity index (χ3v) is 6.10. The molecule has 0 atom stereocenters. The van der Waals surface area contributed by atoms with E-state index in [-0.39, 0.29) is 5.92 Å². The summed E-state index contributed by atoms with van der Waals surface area (Å²) in [5.41, 5.74) is 12.8. The number of hydrogen-bond donors (Lipinski definition) is 1. The van der Waals surface area contributed by atoms with Crippen molar-refractivity contribution in [3.63, 3.8) is 0 Å². The Kier molecular flexibility index (Phi) is 5.28. The molecule has 172 valence electrons. The first-order chi connectivity index (χ1) is 16.4. The van der Waals surface area contributed by atoms with E-state index in [1.54, 1.807) is 10.7 Å². The zero-order valence-corrected chi connectivity index (χ0v) is 19.7. The number of carbonyl (C=O) groups excluding carboxylic acids is 1. The van der Waals surface area contributed by atoms with Crippen LogP contribution in [0, 0.1) is 0 Å². The number of aryl methyl sites for hydroxylation is 2. The molecule has 0 bridgehead atoms. The number of nitrogens with two attached hydrogens (primary N) is 1. The van der Waals surface area contributed by atoms with Crippen LogP contribution in [0.15, 0.2) is 61.3 Å². The van der Waals surface area contributed by atoms with Crippen molar-refractivity contribution in [2.24, 2.45) is 12.8 Å². The number of rotatable bonds is 6. The molecular weight excluding hydrogens is 426 g/mol. The molecule has 0 spiro atoms. The summed E-state index contributed by atoms with van der Waals surface area (Å²) in [7, 11) is 1.91. The number of amides is 1. The van der Waals surface area contributed by atoms with E-state index in [0.29, 0.717) is 5.56 Å². The number of hydrogen-bond acceptors (Lipinski definition) is 4. The van der Waals surface area contributed by atoms with Crippen molar-refractivity contribution >= 4 is 16.9 Å².